The van der Waals surface area contributed by atoms with Crippen LogP contribution in [0.4, 0.5) is 0 Å². The first-order valence-corrected chi connectivity index (χ1v) is 18.1. The quantitative estimate of drug-likeness (QED) is 0.103. The molecule has 0 spiro atoms. The van der Waals surface area contributed by atoms with Gasteiger partial charge < -0.3 is 64.1 Å². The van der Waals surface area contributed by atoms with Gasteiger partial charge in [-0.05, 0) is 61.0 Å². The van der Waals surface area contributed by atoms with Gasteiger partial charge in [-0.1, -0.05) is 15.9 Å². The van der Waals surface area contributed by atoms with Gasteiger partial charge in [-0.3, -0.25) is 14.4 Å². The van der Waals surface area contributed by atoms with Crippen LogP contribution < -0.4 is 63.6 Å². The number of phenols is 1. The number of hydrogen-bond donors (Lipinski definition) is 4. The summed E-state index contributed by atoms with van der Waals surface area (Å²) in [6, 6.07) is 13.0. The summed E-state index contributed by atoms with van der Waals surface area (Å²) in [6.45, 7) is 2.00. The van der Waals surface area contributed by atoms with Gasteiger partial charge in [0, 0.05) is 38.0 Å². The molecule has 20 heteroatoms. The van der Waals surface area contributed by atoms with Crippen molar-refractivity contribution in [3.63, 3.8) is 0 Å². The van der Waals surface area contributed by atoms with Crippen LogP contribution in [0, 0.1) is 0 Å². The third-order valence-electron chi connectivity index (χ3n) is 8.10. The van der Waals surface area contributed by atoms with E-state index in [-0.39, 0.29) is 64.2 Å². The number of amides is 3. The summed E-state index contributed by atoms with van der Waals surface area (Å²) in [5, 5.41) is 27.9. The van der Waals surface area contributed by atoms with Crippen LogP contribution in [-0.2, 0) is 23.9 Å². The van der Waals surface area contributed by atoms with Crippen molar-refractivity contribution in [3.05, 3.63) is 71.3 Å². The van der Waals surface area contributed by atoms with E-state index in [4.69, 9.17) is 23.7 Å². The second-order valence-corrected chi connectivity index (χ2v) is 12.9. The van der Waals surface area contributed by atoms with E-state index in [9.17, 15) is 39.0 Å². The molecule has 3 fully saturated rings. The van der Waals surface area contributed by atoms with E-state index in [1.54, 1.807) is 12.1 Å². The SMILES string of the molecule is COC(=O)c1ccc(O)c(OC)c1.COC(=O)c1ccc(OC2CCNC2=O)c(OC)c1.COc1cc(C(=O)[O-])ccc1OC1CCNC1=O.O=C1NCCC1Br.[Li+]. The normalized spacial score (nSPS) is 17.3. The van der Waals surface area contributed by atoms with Gasteiger partial charge >= 0.3 is 30.8 Å². The first kappa shape index (κ1) is 48.5. The van der Waals surface area contributed by atoms with Gasteiger partial charge in [0.25, 0.3) is 11.8 Å². The van der Waals surface area contributed by atoms with Gasteiger partial charge in [0.2, 0.25) is 5.91 Å². The maximum atomic E-state index is 11.4. The zero-order valence-corrected chi connectivity index (χ0v) is 34.3. The predicted molar refractivity (Wildman–Crippen MR) is 202 cm³/mol. The van der Waals surface area contributed by atoms with E-state index >= 15 is 0 Å². The fourth-order valence-corrected chi connectivity index (χ4v) is 5.45. The molecule has 3 saturated heterocycles. The van der Waals surface area contributed by atoms with Crippen LogP contribution in [0.2, 0.25) is 0 Å². The number of nitrogens with one attached hydrogen (secondary N) is 3. The van der Waals surface area contributed by atoms with Gasteiger partial charge in [-0.25, -0.2) is 9.59 Å². The fraction of sp³-hybridized carbons (Fsp3) is 0.368. The molecule has 18 nitrogen and oxygen atoms in total. The maximum Gasteiger partial charge on any atom is 1.00 e. The Morgan fingerprint density at radius 1 is 0.603 bits per heavy atom. The van der Waals surface area contributed by atoms with Crippen molar-refractivity contribution in [2.24, 2.45) is 0 Å². The zero-order chi connectivity index (χ0) is 42.1. The Balaban J connectivity index is 0.000000278. The van der Waals surface area contributed by atoms with Crippen LogP contribution in [0.25, 0.3) is 0 Å². The van der Waals surface area contributed by atoms with Crippen LogP contribution >= 0.6 is 15.9 Å². The number of esters is 2. The molecule has 3 aromatic carbocycles. The zero-order valence-electron chi connectivity index (χ0n) is 32.7. The number of carboxylic acid groups (broad SMARTS) is 1. The maximum absolute atomic E-state index is 11.4. The van der Waals surface area contributed by atoms with Crippen LogP contribution in [-0.4, -0.2) is 113 Å². The largest absolute Gasteiger partial charge is 1.00 e. The molecule has 0 saturated carbocycles. The van der Waals surface area contributed by atoms with Crippen LogP contribution in [0.15, 0.2) is 54.6 Å². The van der Waals surface area contributed by atoms with E-state index in [0.29, 0.717) is 54.3 Å². The molecule has 3 atom stereocenters. The first-order valence-electron chi connectivity index (χ1n) is 17.2. The number of rotatable bonds is 10. The van der Waals surface area contributed by atoms with Crippen LogP contribution in [0.1, 0.15) is 50.3 Å². The van der Waals surface area contributed by atoms with Gasteiger partial charge in [-0.15, -0.1) is 0 Å². The standard InChI is InChI=1S/C13H15NO5.C12H13NO5.C9H10O4.C4H6BrNO.Li/c1-17-11-7-8(13(16)18-2)3-4-9(11)19-10-5-6-14-12(10)15;1-17-10-6-7(12(15)16)2-3-8(10)18-9-4-5-13-11(9)14;1-12-8-5-6(9(11)13-2)3-4-7(8)10;5-3-1-2-6-4(3)7;/h3-4,7,10H,5-6H2,1-2H3,(H,14,15);2-3,6,9H,4-5H2,1H3,(H,13,14)(H,15,16);3-5,10H,1-2H3;3H,1-2H2,(H,6,7);/q;;;;+1/p-1. The minimum absolute atomic E-state index is 0. The molecular weight excluding hydrogens is 825 g/mol. The summed E-state index contributed by atoms with van der Waals surface area (Å²) in [5.41, 5.74) is 0.704. The summed E-state index contributed by atoms with van der Waals surface area (Å²) in [5.74, 6) is -0.737. The predicted octanol–water partition coefficient (Wildman–Crippen LogP) is -1.46. The number of methoxy groups -OCH3 is 5. The summed E-state index contributed by atoms with van der Waals surface area (Å²) < 4.78 is 35.2. The van der Waals surface area contributed by atoms with Crippen molar-refractivity contribution in [2.45, 2.75) is 36.3 Å². The molecule has 3 unspecified atom stereocenters. The third kappa shape index (κ3) is 14.1. The summed E-state index contributed by atoms with van der Waals surface area (Å²) in [4.78, 5) is 66.5. The summed E-state index contributed by atoms with van der Waals surface area (Å²) >= 11 is 3.19. The monoisotopic (exact) mass is 867 g/mol. The first-order chi connectivity index (χ1) is 27.3. The number of aromatic hydroxyl groups is 1. The number of carbonyl (C=O) groups excluding carboxylic acids is 6. The number of carboxylic acids is 1. The number of alkyl halides is 1. The number of carbonyl (C=O) groups is 6. The molecular formula is C38H43BrLiN3O15. The number of phenolic OH excluding ortho intramolecular Hbond substituents is 1. The fourth-order valence-electron chi connectivity index (χ4n) is 5.06. The van der Waals surface area contributed by atoms with Crippen molar-refractivity contribution >= 4 is 51.6 Å². The number of benzene rings is 3. The molecule has 0 aromatic heterocycles. The number of ether oxygens (including phenoxy) is 7. The van der Waals surface area contributed by atoms with E-state index in [1.807, 2.05) is 0 Å². The van der Waals surface area contributed by atoms with E-state index in [1.165, 1.54) is 78.0 Å². The van der Waals surface area contributed by atoms with Crippen molar-refractivity contribution < 1.29 is 91.0 Å². The van der Waals surface area contributed by atoms with Crippen molar-refractivity contribution in [3.8, 4) is 34.5 Å². The Labute approximate surface area is 354 Å². The van der Waals surface area contributed by atoms with Gasteiger partial charge in [0.05, 0.1) is 57.5 Å². The summed E-state index contributed by atoms with van der Waals surface area (Å²) in [7, 11) is 6.88. The van der Waals surface area contributed by atoms with Gasteiger partial charge in [-0.2, -0.15) is 0 Å². The minimum atomic E-state index is -1.29. The molecule has 0 bridgehead atoms. The minimum Gasteiger partial charge on any atom is -0.545 e. The second kappa shape index (κ2) is 24.2. The molecule has 0 aliphatic carbocycles. The van der Waals surface area contributed by atoms with Crippen LogP contribution in [0.5, 0.6) is 34.5 Å². The van der Waals surface area contributed by atoms with E-state index < -0.39 is 30.1 Å². The van der Waals surface area contributed by atoms with E-state index in [2.05, 4.69) is 41.4 Å². The molecule has 3 aliphatic heterocycles. The molecule has 3 aromatic rings. The Bertz CT molecular complexity index is 1910. The molecule has 4 N–H and O–H groups in total. The summed E-state index contributed by atoms with van der Waals surface area (Å²) in [6.07, 6.45) is 1.04. The number of halogens is 1. The number of aromatic carboxylic acids is 1. The average molecular weight is 869 g/mol. The Hall–Kier alpha value is -5.64. The Morgan fingerprint density at radius 3 is 1.34 bits per heavy atom. The molecule has 3 amide bonds. The average Bonchev–Trinajstić information content (AvgIpc) is 3.95. The van der Waals surface area contributed by atoms with Crippen LogP contribution in [0.3, 0.4) is 0 Å². The Kier molecular flexibility index (Phi) is 20.2. The third-order valence-corrected chi connectivity index (χ3v) is 8.97. The molecule has 308 valence electrons. The Morgan fingerprint density at radius 2 is 1.00 bits per heavy atom. The molecule has 6 rings (SSSR count). The van der Waals surface area contributed by atoms with Crippen molar-refractivity contribution in [1.29, 1.82) is 0 Å². The molecule has 58 heavy (non-hydrogen) atoms. The molecule has 3 aliphatic rings. The van der Waals surface area contributed by atoms with Crippen molar-refractivity contribution in [1.82, 2.24) is 16.0 Å². The smallest absolute Gasteiger partial charge is 0.545 e. The number of hydrogen-bond acceptors (Lipinski definition) is 15. The topological polar surface area (TPSA) is 246 Å². The van der Waals surface area contributed by atoms with Crippen molar-refractivity contribution in [2.75, 3.05) is 55.2 Å². The second-order valence-electron chi connectivity index (χ2n) is 11.8. The van der Waals surface area contributed by atoms with Gasteiger partial charge in [0.1, 0.15) is 0 Å². The molecule has 0 radical (unpaired) electrons. The van der Waals surface area contributed by atoms with Gasteiger partial charge in [0.15, 0.2) is 46.7 Å². The van der Waals surface area contributed by atoms with E-state index in [0.717, 1.165) is 13.0 Å². The molecule has 3 heterocycles.